The van der Waals surface area contributed by atoms with E-state index in [4.69, 9.17) is 14.2 Å². The summed E-state index contributed by atoms with van der Waals surface area (Å²) in [5, 5.41) is 0. The van der Waals surface area contributed by atoms with Crippen LogP contribution in [0.3, 0.4) is 0 Å². The topological polar surface area (TPSA) is 78.9 Å². The maximum Gasteiger partial charge on any atom is 0.306 e. The molecule has 0 spiro atoms. The smallest absolute Gasteiger partial charge is 0.306 e. The number of hydrogen-bond acceptors (Lipinski definition) is 6. The zero-order valence-corrected chi connectivity index (χ0v) is 54.4. The first-order valence-corrected chi connectivity index (χ1v) is 35.0. The van der Waals surface area contributed by atoms with E-state index in [1.165, 1.54) is 161 Å². The van der Waals surface area contributed by atoms with Crippen LogP contribution in [0.2, 0.25) is 0 Å². The first-order valence-electron chi connectivity index (χ1n) is 35.0. The van der Waals surface area contributed by atoms with E-state index in [-0.39, 0.29) is 31.1 Å². The Kier molecular flexibility index (Phi) is 66.7. The highest BCUT2D eigenvalue weighted by molar-refractivity contribution is 5.71. The Labute approximate surface area is 513 Å². The maximum atomic E-state index is 13.0. The molecule has 0 bridgehead atoms. The van der Waals surface area contributed by atoms with E-state index < -0.39 is 6.10 Å². The number of unbranched alkanes of at least 4 members (excludes halogenated alkanes) is 32. The van der Waals surface area contributed by atoms with Gasteiger partial charge in [-0.05, 0) is 128 Å². The van der Waals surface area contributed by atoms with E-state index in [1.807, 2.05) is 0 Å². The second kappa shape index (κ2) is 70.3. The molecule has 6 heteroatoms. The Balaban J connectivity index is 4.39. The molecule has 0 radical (unpaired) electrons. The zero-order valence-electron chi connectivity index (χ0n) is 54.4. The average molecular weight is 1150 g/mol. The van der Waals surface area contributed by atoms with Crippen LogP contribution in [0, 0.1) is 0 Å². The summed E-state index contributed by atoms with van der Waals surface area (Å²) in [4.78, 5) is 38.5. The van der Waals surface area contributed by atoms with Gasteiger partial charge in [0.2, 0.25) is 0 Å². The van der Waals surface area contributed by atoms with E-state index in [0.717, 1.165) is 128 Å². The fraction of sp³-hybridized carbons (Fsp3) is 0.701. The van der Waals surface area contributed by atoms with Crippen LogP contribution in [0.4, 0.5) is 0 Å². The first-order chi connectivity index (χ1) is 41.0. The van der Waals surface area contributed by atoms with Gasteiger partial charge >= 0.3 is 17.9 Å². The van der Waals surface area contributed by atoms with Crippen molar-refractivity contribution >= 4 is 17.9 Å². The van der Waals surface area contributed by atoms with E-state index in [1.54, 1.807) is 0 Å². The van der Waals surface area contributed by atoms with Crippen molar-refractivity contribution in [2.75, 3.05) is 13.2 Å². The summed E-state index contributed by atoms with van der Waals surface area (Å²) < 4.78 is 17.0. The van der Waals surface area contributed by atoms with Crippen molar-refractivity contribution in [3.8, 4) is 0 Å². The van der Waals surface area contributed by atoms with E-state index >= 15 is 0 Å². The van der Waals surface area contributed by atoms with Crippen molar-refractivity contribution in [2.24, 2.45) is 0 Å². The summed E-state index contributed by atoms with van der Waals surface area (Å²) in [5.74, 6) is -0.894. The Morgan fingerprint density at radius 2 is 0.470 bits per heavy atom. The van der Waals surface area contributed by atoms with Gasteiger partial charge in [0.25, 0.3) is 0 Å². The van der Waals surface area contributed by atoms with Crippen LogP contribution < -0.4 is 0 Å². The summed E-state index contributed by atoms with van der Waals surface area (Å²) >= 11 is 0. The number of allylic oxidation sites excluding steroid dienone is 20. The van der Waals surface area contributed by atoms with Crippen molar-refractivity contribution in [3.05, 3.63) is 122 Å². The fourth-order valence-electron chi connectivity index (χ4n) is 9.75. The van der Waals surface area contributed by atoms with Gasteiger partial charge in [0.05, 0.1) is 0 Å². The normalized spacial score (nSPS) is 12.9. The third kappa shape index (κ3) is 68.5. The fourth-order valence-corrected chi connectivity index (χ4v) is 9.75. The summed E-state index contributed by atoms with van der Waals surface area (Å²) in [6.45, 7) is 6.42. The zero-order chi connectivity index (χ0) is 59.9. The standard InChI is InChI=1S/C77H130O6/c1-4-7-10-13-16-19-22-25-28-31-33-35-37-38-40-41-43-46-49-52-55-58-61-64-67-70-76(79)82-73-74(72-81-75(78)69-66-63-60-57-54-51-48-45-30-27-24-21-18-15-12-9-6-3)83-77(80)71-68-65-62-59-56-53-50-47-44-42-39-36-34-32-29-26-23-20-17-14-11-8-5-2/h7,9-10,12,16,18-19,21,23,25-28,30,32-35,39,42,74H,4-6,8,11,13-15,17,20,22,24,29,31,36-38,40-41,43-73H2,1-3H3/b10-7-,12-9-,19-16-,21-18-,26-23-,28-25-,30-27-,34-32-,35-33-,42-39-. The Morgan fingerprint density at radius 1 is 0.253 bits per heavy atom. The van der Waals surface area contributed by atoms with E-state index in [9.17, 15) is 14.4 Å². The van der Waals surface area contributed by atoms with E-state index in [0.29, 0.717) is 19.3 Å². The predicted octanol–water partition coefficient (Wildman–Crippen LogP) is 24.3. The molecule has 0 fully saturated rings. The summed E-state index contributed by atoms with van der Waals surface area (Å²) in [7, 11) is 0. The molecule has 1 atom stereocenters. The van der Waals surface area contributed by atoms with Crippen molar-refractivity contribution < 1.29 is 28.6 Å². The van der Waals surface area contributed by atoms with Crippen LogP contribution in [0.1, 0.15) is 329 Å². The highest BCUT2D eigenvalue weighted by atomic mass is 16.6. The molecular weight excluding hydrogens is 1020 g/mol. The van der Waals surface area contributed by atoms with Crippen LogP contribution in [0.15, 0.2) is 122 Å². The number of carbonyl (C=O) groups is 3. The van der Waals surface area contributed by atoms with Gasteiger partial charge in [-0.3, -0.25) is 14.4 Å². The lowest BCUT2D eigenvalue weighted by molar-refractivity contribution is -0.167. The average Bonchev–Trinajstić information content (AvgIpc) is 3.49. The lowest BCUT2D eigenvalue weighted by Gasteiger charge is -2.18. The Morgan fingerprint density at radius 3 is 0.735 bits per heavy atom. The van der Waals surface area contributed by atoms with E-state index in [2.05, 4.69) is 142 Å². The maximum absolute atomic E-state index is 13.0. The highest BCUT2D eigenvalue weighted by Gasteiger charge is 2.19. The van der Waals surface area contributed by atoms with Crippen LogP contribution in [-0.4, -0.2) is 37.2 Å². The van der Waals surface area contributed by atoms with Gasteiger partial charge in [-0.1, -0.05) is 303 Å². The molecule has 83 heavy (non-hydrogen) atoms. The molecule has 0 heterocycles. The summed E-state index contributed by atoms with van der Waals surface area (Å²) in [6, 6.07) is 0. The third-order valence-corrected chi connectivity index (χ3v) is 14.9. The molecule has 6 nitrogen and oxygen atoms in total. The van der Waals surface area contributed by atoms with Crippen molar-refractivity contribution in [1.29, 1.82) is 0 Å². The quantitative estimate of drug-likeness (QED) is 0.0261. The van der Waals surface area contributed by atoms with Gasteiger partial charge in [0.15, 0.2) is 6.10 Å². The SMILES string of the molecule is CC/C=C\C/C=C\C/C=C\C/C=C\CCCCCCCCCCCCCCC(=O)OCC(COC(=O)CCCCCCCCC/C=C\C/C=C\C/C=C\CC)OC(=O)CCCCCCCCCC/C=C\C/C=C\C/C=C\CCCCCCC. The number of carbonyl (C=O) groups excluding carboxylic acids is 3. The number of hydrogen-bond donors (Lipinski definition) is 0. The lowest BCUT2D eigenvalue weighted by Crippen LogP contribution is -2.30. The number of esters is 3. The van der Waals surface area contributed by atoms with Gasteiger partial charge in [0.1, 0.15) is 13.2 Å². The molecule has 0 aliphatic heterocycles. The van der Waals surface area contributed by atoms with Crippen molar-refractivity contribution in [3.63, 3.8) is 0 Å². The molecule has 474 valence electrons. The van der Waals surface area contributed by atoms with Crippen molar-refractivity contribution in [2.45, 2.75) is 335 Å². The predicted molar refractivity (Wildman–Crippen MR) is 362 cm³/mol. The van der Waals surface area contributed by atoms with Crippen LogP contribution in [-0.2, 0) is 28.6 Å². The van der Waals surface area contributed by atoms with Gasteiger partial charge in [0, 0.05) is 19.3 Å². The Hall–Kier alpha value is -4.19. The molecular formula is C77H130O6. The molecule has 0 aromatic rings. The van der Waals surface area contributed by atoms with Crippen LogP contribution >= 0.6 is 0 Å². The minimum atomic E-state index is -0.793. The molecule has 0 saturated heterocycles. The minimum Gasteiger partial charge on any atom is -0.462 e. The second-order valence-electron chi connectivity index (χ2n) is 23.0. The number of rotatable bonds is 63. The van der Waals surface area contributed by atoms with Crippen LogP contribution in [0.5, 0.6) is 0 Å². The molecule has 1 unspecified atom stereocenters. The van der Waals surface area contributed by atoms with Gasteiger partial charge in [-0.15, -0.1) is 0 Å². The molecule has 0 aliphatic carbocycles. The number of ether oxygens (including phenoxy) is 3. The van der Waals surface area contributed by atoms with Crippen molar-refractivity contribution in [1.82, 2.24) is 0 Å². The molecule has 0 aliphatic rings. The Bertz CT molecular complexity index is 1700. The molecule has 0 N–H and O–H groups in total. The second-order valence-corrected chi connectivity index (χ2v) is 23.0. The summed E-state index contributed by atoms with van der Waals surface area (Å²) in [6.07, 6.45) is 97.8. The van der Waals surface area contributed by atoms with Crippen LogP contribution in [0.25, 0.3) is 0 Å². The third-order valence-electron chi connectivity index (χ3n) is 14.9. The molecule has 0 rings (SSSR count). The highest BCUT2D eigenvalue weighted by Crippen LogP contribution is 2.17. The minimum absolute atomic E-state index is 0.0863. The van der Waals surface area contributed by atoms with Gasteiger partial charge in [-0.25, -0.2) is 0 Å². The molecule has 0 saturated carbocycles. The lowest BCUT2D eigenvalue weighted by atomic mass is 10.0. The first kappa shape index (κ1) is 78.8. The largest absolute Gasteiger partial charge is 0.462 e. The monoisotopic (exact) mass is 1150 g/mol. The summed E-state index contributed by atoms with van der Waals surface area (Å²) in [5.41, 5.74) is 0. The van der Waals surface area contributed by atoms with Gasteiger partial charge in [-0.2, -0.15) is 0 Å². The molecule has 0 aromatic heterocycles. The molecule has 0 amide bonds. The molecule has 0 aromatic carbocycles. The van der Waals surface area contributed by atoms with Gasteiger partial charge < -0.3 is 14.2 Å².